The predicted molar refractivity (Wildman–Crippen MR) is 89.5 cm³/mol. The van der Waals surface area contributed by atoms with Gasteiger partial charge >= 0.3 is 5.97 Å². The molecule has 0 aliphatic rings. The summed E-state index contributed by atoms with van der Waals surface area (Å²) < 4.78 is 5.05. The molecule has 0 aliphatic heterocycles. The Bertz CT molecular complexity index is 715. The SMILES string of the molecule is Cc1ccccc1C(=O)OCC(=O)N[C@H](C)c1cccc(Cl)c1. The minimum Gasteiger partial charge on any atom is -0.452 e. The van der Waals surface area contributed by atoms with Crippen LogP contribution in [0.5, 0.6) is 0 Å². The molecule has 120 valence electrons. The van der Waals surface area contributed by atoms with Crippen LogP contribution in [0, 0.1) is 6.92 Å². The highest BCUT2D eigenvalue weighted by Crippen LogP contribution is 2.17. The Morgan fingerprint density at radius 1 is 1.17 bits per heavy atom. The summed E-state index contributed by atoms with van der Waals surface area (Å²) >= 11 is 5.93. The Morgan fingerprint density at radius 3 is 2.61 bits per heavy atom. The van der Waals surface area contributed by atoms with Crippen molar-refractivity contribution in [3.63, 3.8) is 0 Å². The molecule has 2 rings (SSSR count). The molecule has 1 amide bonds. The number of carbonyl (C=O) groups is 2. The van der Waals surface area contributed by atoms with E-state index >= 15 is 0 Å². The fraction of sp³-hybridized carbons (Fsp3) is 0.222. The molecule has 0 bridgehead atoms. The maximum Gasteiger partial charge on any atom is 0.338 e. The van der Waals surface area contributed by atoms with Crippen molar-refractivity contribution in [3.05, 3.63) is 70.2 Å². The highest BCUT2D eigenvalue weighted by Gasteiger charge is 2.14. The number of amides is 1. The summed E-state index contributed by atoms with van der Waals surface area (Å²) in [4.78, 5) is 23.9. The Balaban J connectivity index is 1.88. The molecular formula is C18H18ClNO3. The summed E-state index contributed by atoms with van der Waals surface area (Å²) in [7, 11) is 0. The van der Waals surface area contributed by atoms with Gasteiger partial charge in [-0.1, -0.05) is 41.9 Å². The highest BCUT2D eigenvalue weighted by atomic mass is 35.5. The summed E-state index contributed by atoms with van der Waals surface area (Å²) in [5.41, 5.74) is 2.16. The van der Waals surface area contributed by atoms with Crippen LogP contribution in [0.2, 0.25) is 5.02 Å². The second-order valence-corrected chi connectivity index (χ2v) is 5.67. The van der Waals surface area contributed by atoms with Gasteiger partial charge in [-0.2, -0.15) is 0 Å². The molecule has 0 radical (unpaired) electrons. The van der Waals surface area contributed by atoms with Crippen molar-refractivity contribution in [2.75, 3.05) is 6.61 Å². The summed E-state index contributed by atoms with van der Waals surface area (Å²) in [6, 6.07) is 14.1. The van der Waals surface area contributed by atoms with Gasteiger partial charge in [-0.25, -0.2) is 4.79 Å². The van der Waals surface area contributed by atoms with Gasteiger partial charge in [0.1, 0.15) is 0 Å². The molecule has 0 saturated heterocycles. The zero-order valence-electron chi connectivity index (χ0n) is 13.0. The monoisotopic (exact) mass is 331 g/mol. The zero-order chi connectivity index (χ0) is 16.8. The number of nitrogens with one attached hydrogen (secondary N) is 1. The maximum atomic E-state index is 12.0. The lowest BCUT2D eigenvalue weighted by Crippen LogP contribution is -2.31. The third kappa shape index (κ3) is 4.83. The van der Waals surface area contributed by atoms with Crippen LogP contribution in [0.25, 0.3) is 0 Å². The lowest BCUT2D eigenvalue weighted by atomic mass is 10.1. The molecule has 1 N–H and O–H groups in total. The van der Waals surface area contributed by atoms with E-state index in [1.54, 1.807) is 24.3 Å². The quantitative estimate of drug-likeness (QED) is 0.850. The fourth-order valence-electron chi connectivity index (χ4n) is 2.15. The number of aryl methyl sites for hydroxylation is 1. The van der Waals surface area contributed by atoms with E-state index in [4.69, 9.17) is 16.3 Å². The molecule has 0 aliphatic carbocycles. The fourth-order valence-corrected chi connectivity index (χ4v) is 2.35. The molecule has 0 saturated carbocycles. The predicted octanol–water partition coefficient (Wildman–Crippen LogP) is 3.68. The molecule has 0 spiro atoms. The van der Waals surface area contributed by atoms with E-state index in [1.165, 1.54) is 0 Å². The minimum atomic E-state index is -0.506. The Labute approximate surface area is 140 Å². The molecule has 0 fully saturated rings. The van der Waals surface area contributed by atoms with Crippen molar-refractivity contribution >= 4 is 23.5 Å². The number of halogens is 1. The summed E-state index contributed by atoms with van der Waals surface area (Å²) in [5.74, 6) is -0.868. The lowest BCUT2D eigenvalue weighted by molar-refractivity contribution is -0.124. The molecule has 1 atom stereocenters. The Kier molecular flexibility index (Phi) is 5.77. The van der Waals surface area contributed by atoms with Crippen LogP contribution in [0.15, 0.2) is 48.5 Å². The molecule has 2 aromatic rings. The second kappa shape index (κ2) is 7.79. The molecule has 0 unspecified atom stereocenters. The van der Waals surface area contributed by atoms with E-state index in [1.807, 2.05) is 38.1 Å². The van der Waals surface area contributed by atoms with Gasteiger partial charge in [0.2, 0.25) is 0 Å². The third-order valence-electron chi connectivity index (χ3n) is 3.43. The van der Waals surface area contributed by atoms with Crippen molar-refractivity contribution in [1.29, 1.82) is 0 Å². The first-order valence-corrected chi connectivity index (χ1v) is 7.62. The Morgan fingerprint density at radius 2 is 1.91 bits per heavy atom. The van der Waals surface area contributed by atoms with E-state index in [0.717, 1.165) is 11.1 Å². The third-order valence-corrected chi connectivity index (χ3v) is 3.66. The van der Waals surface area contributed by atoms with Crippen LogP contribution in [-0.4, -0.2) is 18.5 Å². The normalized spacial score (nSPS) is 11.6. The average molecular weight is 332 g/mol. The van der Waals surface area contributed by atoms with Gasteiger partial charge in [0.25, 0.3) is 5.91 Å². The number of carbonyl (C=O) groups excluding carboxylic acids is 2. The first-order valence-electron chi connectivity index (χ1n) is 7.25. The van der Waals surface area contributed by atoms with Gasteiger partial charge in [0.15, 0.2) is 6.61 Å². The molecule has 0 aromatic heterocycles. The van der Waals surface area contributed by atoms with Crippen molar-refractivity contribution < 1.29 is 14.3 Å². The number of ether oxygens (including phenoxy) is 1. The van der Waals surface area contributed by atoms with Crippen molar-refractivity contribution in [2.24, 2.45) is 0 Å². The van der Waals surface area contributed by atoms with Crippen LogP contribution >= 0.6 is 11.6 Å². The second-order valence-electron chi connectivity index (χ2n) is 5.24. The summed E-state index contributed by atoms with van der Waals surface area (Å²) in [6.45, 7) is 3.34. The Hall–Kier alpha value is -2.33. The number of hydrogen-bond donors (Lipinski definition) is 1. The topological polar surface area (TPSA) is 55.4 Å². The van der Waals surface area contributed by atoms with Crippen LogP contribution in [-0.2, 0) is 9.53 Å². The van der Waals surface area contributed by atoms with Gasteiger partial charge in [-0.3, -0.25) is 4.79 Å². The smallest absolute Gasteiger partial charge is 0.338 e. The van der Waals surface area contributed by atoms with Crippen LogP contribution in [0.3, 0.4) is 0 Å². The first kappa shape index (κ1) is 17.0. The standard InChI is InChI=1S/C18H18ClNO3/c1-12-6-3-4-9-16(12)18(22)23-11-17(21)20-13(2)14-7-5-8-15(19)10-14/h3-10,13H,11H2,1-2H3,(H,20,21)/t13-/m1/s1. The van der Waals surface area contributed by atoms with Gasteiger partial charge in [-0.15, -0.1) is 0 Å². The van der Waals surface area contributed by atoms with E-state index in [0.29, 0.717) is 10.6 Å². The van der Waals surface area contributed by atoms with E-state index < -0.39 is 5.97 Å². The molecule has 2 aromatic carbocycles. The van der Waals surface area contributed by atoms with Gasteiger partial charge in [0.05, 0.1) is 11.6 Å². The highest BCUT2D eigenvalue weighted by molar-refractivity contribution is 6.30. The number of rotatable bonds is 5. The summed E-state index contributed by atoms with van der Waals surface area (Å²) in [5, 5.41) is 3.38. The molecular weight excluding hydrogens is 314 g/mol. The van der Waals surface area contributed by atoms with E-state index in [-0.39, 0.29) is 18.6 Å². The molecule has 4 nitrogen and oxygen atoms in total. The first-order chi connectivity index (χ1) is 11.0. The van der Waals surface area contributed by atoms with Crippen LogP contribution < -0.4 is 5.32 Å². The maximum absolute atomic E-state index is 12.0. The van der Waals surface area contributed by atoms with Crippen LogP contribution in [0.1, 0.15) is 34.5 Å². The zero-order valence-corrected chi connectivity index (χ0v) is 13.8. The summed E-state index contributed by atoms with van der Waals surface area (Å²) in [6.07, 6.45) is 0. The number of esters is 1. The average Bonchev–Trinajstić information content (AvgIpc) is 2.53. The number of benzene rings is 2. The van der Waals surface area contributed by atoms with Gasteiger partial charge in [-0.05, 0) is 43.2 Å². The van der Waals surface area contributed by atoms with Crippen molar-refractivity contribution in [2.45, 2.75) is 19.9 Å². The number of hydrogen-bond acceptors (Lipinski definition) is 3. The van der Waals surface area contributed by atoms with Crippen LogP contribution in [0.4, 0.5) is 0 Å². The molecule has 23 heavy (non-hydrogen) atoms. The largest absolute Gasteiger partial charge is 0.452 e. The lowest BCUT2D eigenvalue weighted by Gasteiger charge is -2.15. The molecule has 5 heteroatoms. The van der Waals surface area contributed by atoms with Gasteiger partial charge < -0.3 is 10.1 Å². The van der Waals surface area contributed by atoms with Crippen molar-refractivity contribution in [1.82, 2.24) is 5.32 Å². The van der Waals surface area contributed by atoms with E-state index in [9.17, 15) is 9.59 Å². The van der Waals surface area contributed by atoms with Crippen molar-refractivity contribution in [3.8, 4) is 0 Å². The van der Waals surface area contributed by atoms with Gasteiger partial charge in [0, 0.05) is 5.02 Å². The molecule has 0 heterocycles. The minimum absolute atomic E-state index is 0.224. The van der Waals surface area contributed by atoms with E-state index in [2.05, 4.69) is 5.32 Å².